The molecule has 1 atom stereocenters. The summed E-state index contributed by atoms with van der Waals surface area (Å²) in [6.45, 7) is 2.61. The van der Waals surface area contributed by atoms with E-state index in [9.17, 15) is 4.79 Å². The molecule has 0 amide bonds. The molecule has 6 heteroatoms. The van der Waals surface area contributed by atoms with Gasteiger partial charge in [-0.15, -0.1) is 0 Å². The molecule has 0 radical (unpaired) electrons. The zero-order valence-corrected chi connectivity index (χ0v) is 22.2. The van der Waals surface area contributed by atoms with Crippen LogP contribution in [-0.4, -0.2) is 11.2 Å². The lowest BCUT2D eigenvalue weighted by atomic mass is 9.83. The van der Waals surface area contributed by atoms with Crippen molar-refractivity contribution < 1.29 is 4.74 Å². The maximum atomic E-state index is 13.8. The topological polar surface area (TPSA) is 43.6 Å². The van der Waals surface area contributed by atoms with E-state index in [0.29, 0.717) is 11.1 Å². The maximum absolute atomic E-state index is 13.8. The fraction of sp³-hybridized carbons (Fsp3) is 0.172. The highest BCUT2D eigenvalue weighted by Gasteiger charge is 2.32. The van der Waals surface area contributed by atoms with E-state index in [0.717, 1.165) is 40.2 Å². The van der Waals surface area contributed by atoms with E-state index in [1.807, 2.05) is 41.8 Å². The van der Waals surface area contributed by atoms with Gasteiger partial charge in [0.2, 0.25) is 0 Å². The van der Waals surface area contributed by atoms with E-state index in [-0.39, 0.29) is 11.6 Å². The Balaban J connectivity index is 1.58. The summed E-state index contributed by atoms with van der Waals surface area (Å²) in [4.78, 5) is 19.6. The van der Waals surface area contributed by atoms with E-state index >= 15 is 0 Å². The van der Waals surface area contributed by atoms with Gasteiger partial charge >= 0.3 is 0 Å². The quantitative estimate of drug-likeness (QED) is 0.302. The number of fused-ring (bicyclic) bond motifs is 3. The molecule has 6 rings (SSSR count). The largest absolute Gasteiger partial charge is 0.494 e. The fourth-order valence-electron chi connectivity index (χ4n) is 4.95. The van der Waals surface area contributed by atoms with Crippen molar-refractivity contribution in [3.63, 3.8) is 0 Å². The molecule has 0 bridgehead atoms. The number of halogens is 1. The number of aromatic nitrogens is 1. The van der Waals surface area contributed by atoms with Gasteiger partial charge < -0.3 is 4.74 Å². The number of hydrogen-bond donors (Lipinski definition) is 0. The van der Waals surface area contributed by atoms with Gasteiger partial charge in [0, 0.05) is 9.13 Å². The average molecular weight is 590 g/mol. The molecule has 174 valence electrons. The van der Waals surface area contributed by atoms with E-state index in [2.05, 4.69) is 71.1 Å². The molecule has 0 spiro atoms. The molecule has 3 aromatic carbocycles. The molecule has 1 aromatic heterocycles. The van der Waals surface area contributed by atoms with E-state index in [1.54, 1.807) is 0 Å². The molecule has 1 aliphatic carbocycles. The highest BCUT2D eigenvalue weighted by atomic mass is 127. The summed E-state index contributed by atoms with van der Waals surface area (Å²) in [5, 5.41) is 0. The molecule has 0 saturated carbocycles. The van der Waals surface area contributed by atoms with Crippen LogP contribution in [0.1, 0.15) is 41.6 Å². The van der Waals surface area contributed by atoms with Gasteiger partial charge in [-0.05, 0) is 95.0 Å². The molecule has 35 heavy (non-hydrogen) atoms. The van der Waals surface area contributed by atoms with Crippen molar-refractivity contribution in [2.24, 2.45) is 4.99 Å². The van der Waals surface area contributed by atoms with Crippen LogP contribution >= 0.6 is 33.9 Å². The van der Waals surface area contributed by atoms with Crippen LogP contribution in [0.2, 0.25) is 0 Å². The summed E-state index contributed by atoms with van der Waals surface area (Å²) in [6, 6.07) is 24.7. The first-order valence-corrected chi connectivity index (χ1v) is 13.6. The predicted molar refractivity (Wildman–Crippen MR) is 150 cm³/mol. The average Bonchev–Trinajstić information content (AvgIpc) is 3.19. The van der Waals surface area contributed by atoms with Crippen LogP contribution < -0.4 is 19.6 Å². The normalized spacial score (nSPS) is 16.9. The van der Waals surface area contributed by atoms with Crippen molar-refractivity contribution in [2.45, 2.75) is 25.8 Å². The predicted octanol–water partition coefficient (Wildman–Crippen LogP) is 5.32. The molecule has 0 N–H and O–H groups in total. The molecule has 1 aliphatic heterocycles. The molecular weight excluding hydrogens is 567 g/mol. The number of allylic oxidation sites excluding steroid dienone is 1. The lowest BCUT2D eigenvalue weighted by molar-refractivity contribution is 0.340. The van der Waals surface area contributed by atoms with Gasteiger partial charge in [0.1, 0.15) is 5.75 Å². The minimum absolute atomic E-state index is 0.0107. The summed E-state index contributed by atoms with van der Waals surface area (Å²) in [7, 11) is 0. The Bertz CT molecular complexity index is 1630. The van der Waals surface area contributed by atoms with Crippen LogP contribution in [-0.2, 0) is 6.42 Å². The highest BCUT2D eigenvalue weighted by Crippen LogP contribution is 2.41. The maximum Gasteiger partial charge on any atom is 0.271 e. The summed E-state index contributed by atoms with van der Waals surface area (Å²) < 4.78 is 9.44. The Morgan fingerprint density at radius 1 is 1.06 bits per heavy atom. The second-order valence-corrected chi connectivity index (χ2v) is 10.9. The summed E-state index contributed by atoms with van der Waals surface area (Å²) in [5.74, 6) is 0.838. The van der Waals surface area contributed by atoms with E-state index in [4.69, 9.17) is 9.73 Å². The van der Waals surface area contributed by atoms with Crippen LogP contribution in [0.15, 0.2) is 88.2 Å². The molecular formula is C29H23IN2O2S. The van der Waals surface area contributed by atoms with E-state index < -0.39 is 0 Å². The number of hydrogen-bond acceptors (Lipinski definition) is 4. The van der Waals surface area contributed by atoms with Gasteiger partial charge in [0.15, 0.2) is 4.80 Å². The first-order valence-electron chi connectivity index (χ1n) is 11.7. The third kappa shape index (κ3) is 4.08. The first-order chi connectivity index (χ1) is 17.1. The number of thiazole rings is 1. The van der Waals surface area contributed by atoms with Gasteiger partial charge in [0.25, 0.3) is 5.56 Å². The smallest absolute Gasteiger partial charge is 0.271 e. The third-order valence-electron chi connectivity index (χ3n) is 6.55. The summed E-state index contributed by atoms with van der Waals surface area (Å²) in [5.41, 5.74) is 6.84. The highest BCUT2D eigenvalue weighted by molar-refractivity contribution is 14.1. The van der Waals surface area contributed by atoms with Crippen molar-refractivity contribution in [1.29, 1.82) is 0 Å². The van der Waals surface area contributed by atoms with Crippen LogP contribution in [0, 0.1) is 3.57 Å². The van der Waals surface area contributed by atoms with Crippen molar-refractivity contribution in [1.82, 2.24) is 4.57 Å². The second-order valence-electron chi connectivity index (χ2n) is 8.67. The van der Waals surface area contributed by atoms with Crippen LogP contribution in [0.4, 0.5) is 0 Å². The monoisotopic (exact) mass is 590 g/mol. The van der Waals surface area contributed by atoms with Crippen molar-refractivity contribution in [3.05, 3.63) is 124 Å². The minimum atomic E-state index is -0.177. The third-order valence-corrected chi connectivity index (χ3v) is 8.25. The van der Waals surface area contributed by atoms with Crippen molar-refractivity contribution >= 4 is 45.7 Å². The SMILES string of the molecule is CCOc1ccc(C2C3=C(N=c4sc(=Cc5ccc(I)cc5)c(=O)n42)c2ccccc2CC3)cc1. The van der Waals surface area contributed by atoms with Gasteiger partial charge in [0.05, 0.1) is 22.9 Å². The Kier molecular flexibility index (Phi) is 5.94. The van der Waals surface area contributed by atoms with Gasteiger partial charge in [-0.25, -0.2) is 4.99 Å². The zero-order chi connectivity index (χ0) is 23.9. The lowest BCUT2D eigenvalue weighted by Crippen LogP contribution is -2.38. The zero-order valence-electron chi connectivity index (χ0n) is 19.2. The van der Waals surface area contributed by atoms with Gasteiger partial charge in [-0.1, -0.05) is 59.9 Å². The summed E-state index contributed by atoms with van der Waals surface area (Å²) >= 11 is 3.76. The van der Waals surface area contributed by atoms with Crippen LogP contribution in [0.5, 0.6) is 5.75 Å². The number of ether oxygens (including phenoxy) is 1. The number of benzene rings is 3. The standard InChI is InChI=1S/C29H23IN2O2S/c1-2-34-22-14-9-20(10-15-22)27-24-16-11-19-5-3-4-6-23(19)26(24)31-29-32(27)28(33)25(35-29)17-18-7-12-21(30)13-8-18/h3-10,12-15,17,27H,2,11,16H2,1H3. The Hall–Kier alpha value is -2.97. The van der Waals surface area contributed by atoms with E-state index in [1.165, 1.54) is 31.6 Å². The van der Waals surface area contributed by atoms with Crippen molar-refractivity contribution in [2.75, 3.05) is 6.61 Å². The first kappa shape index (κ1) is 22.5. The van der Waals surface area contributed by atoms with Crippen molar-refractivity contribution in [3.8, 4) is 5.75 Å². The number of nitrogens with zero attached hydrogens (tertiary/aromatic N) is 2. The lowest BCUT2D eigenvalue weighted by Gasteiger charge is -2.30. The molecule has 2 heterocycles. The fourth-order valence-corrected chi connectivity index (χ4v) is 6.31. The number of aryl methyl sites for hydroxylation is 1. The molecule has 0 saturated heterocycles. The van der Waals surface area contributed by atoms with Crippen LogP contribution in [0.3, 0.4) is 0 Å². The Morgan fingerprint density at radius 2 is 1.83 bits per heavy atom. The van der Waals surface area contributed by atoms with Gasteiger partial charge in [-0.3, -0.25) is 9.36 Å². The van der Waals surface area contributed by atoms with Gasteiger partial charge in [-0.2, -0.15) is 0 Å². The number of rotatable bonds is 4. The molecule has 0 fully saturated rings. The molecule has 4 aromatic rings. The minimum Gasteiger partial charge on any atom is -0.494 e. The second kappa shape index (κ2) is 9.24. The Morgan fingerprint density at radius 3 is 2.60 bits per heavy atom. The Labute approximate surface area is 221 Å². The molecule has 1 unspecified atom stereocenters. The summed E-state index contributed by atoms with van der Waals surface area (Å²) in [6.07, 6.45) is 3.81. The molecule has 2 aliphatic rings. The molecule has 4 nitrogen and oxygen atoms in total. The van der Waals surface area contributed by atoms with Crippen LogP contribution in [0.25, 0.3) is 11.8 Å².